The van der Waals surface area contributed by atoms with Crippen LogP contribution >= 0.6 is 0 Å². The van der Waals surface area contributed by atoms with Crippen molar-refractivity contribution in [3.8, 4) is 0 Å². The van der Waals surface area contributed by atoms with Crippen molar-refractivity contribution in [1.82, 2.24) is 15.1 Å². The van der Waals surface area contributed by atoms with Crippen LogP contribution in [0.2, 0.25) is 0 Å². The number of nitrogens with one attached hydrogen (secondary N) is 1. The minimum absolute atomic E-state index is 0.943. The van der Waals surface area contributed by atoms with Gasteiger partial charge in [0.2, 0.25) is 0 Å². The zero-order valence-electron chi connectivity index (χ0n) is 11.6. The molecule has 0 bridgehead atoms. The summed E-state index contributed by atoms with van der Waals surface area (Å²) in [4.78, 5) is 0. The summed E-state index contributed by atoms with van der Waals surface area (Å²) in [5.41, 5.74) is 2.50. The molecule has 0 aliphatic carbocycles. The van der Waals surface area contributed by atoms with Crippen molar-refractivity contribution in [2.24, 2.45) is 0 Å². The van der Waals surface area contributed by atoms with Gasteiger partial charge in [-0.1, -0.05) is 39.5 Å². The summed E-state index contributed by atoms with van der Waals surface area (Å²) in [5.74, 6) is 0. The van der Waals surface area contributed by atoms with Crippen LogP contribution in [0.1, 0.15) is 57.2 Å². The minimum atomic E-state index is 0.943. The molecule has 0 radical (unpaired) electrons. The van der Waals surface area contributed by atoms with Crippen molar-refractivity contribution in [2.75, 3.05) is 6.54 Å². The zero-order valence-corrected chi connectivity index (χ0v) is 11.6. The van der Waals surface area contributed by atoms with Gasteiger partial charge >= 0.3 is 0 Å². The first-order valence-corrected chi connectivity index (χ1v) is 7.01. The van der Waals surface area contributed by atoms with Gasteiger partial charge in [0.05, 0.1) is 5.69 Å². The zero-order chi connectivity index (χ0) is 12.5. The van der Waals surface area contributed by atoms with E-state index in [1.807, 2.05) is 0 Å². The fourth-order valence-electron chi connectivity index (χ4n) is 1.98. The smallest absolute Gasteiger partial charge is 0.0638 e. The van der Waals surface area contributed by atoms with Gasteiger partial charge in [-0.2, -0.15) is 5.10 Å². The van der Waals surface area contributed by atoms with E-state index in [1.165, 1.54) is 43.4 Å². The highest BCUT2D eigenvalue weighted by Gasteiger charge is 2.03. The average molecular weight is 237 g/mol. The maximum Gasteiger partial charge on any atom is 0.0638 e. The second kappa shape index (κ2) is 8.29. The fourth-order valence-corrected chi connectivity index (χ4v) is 1.98. The van der Waals surface area contributed by atoms with Crippen LogP contribution < -0.4 is 5.32 Å². The minimum Gasteiger partial charge on any atom is -0.313 e. The molecule has 98 valence electrons. The molecule has 0 atom stereocenters. The molecule has 0 aliphatic heterocycles. The Bertz CT molecular complexity index is 304. The van der Waals surface area contributed by atoms with Crippen molar-refractivity contribution in [2.45, 2.75) is 66.0 Å². The molecule has 17 heavy (non-hydrogen) atoms. The van der Waals surface area contributed by atoms with Crippen LogP contribution in [0, 0.1) is 6.92 Å². The largest absolute Gasteiger partial charge is 0.313 e. The Labute approximate surface area is 106 Å². The van der Waals surface area contributed by atoms with E-state index in [1.54, 1.807) is 0 Å². The molecule has 0 unspecified atom stereocenters. The van der Waals surface area contributed by atoms with Gasteiger partial charge < -0.3 is 5.32 Å². The molecule has 1 rings (SSSR count). The average Bonchev–Trinajstić information content (AvgIpc) is 2.67. The van der Waals surface area contributed by atoms with E-state index < -0.39 is 0 Å². The highest BCUT2D eigenvalue weighted by atomic mass is 15.3. The number of aromatic nitrogens is 2. The van der Waals surface area contributed by atoms with E-state index in [2.05, 4.69) is 42.1 Å². The molecular formula is C14H27N3. The number of unbranched alkanes of at least 4 members (excludes halogenated alkanes) is 4. The van der Waals surface area contributed by atoms with E-state index in [0.29, 0.717) is 0 Å². The first-order valence-electron chi connectivity index (χ1n) is 7.01. The summed E-state index contributed by atoms with van der Waals surface area (Å²) < 4.78 is 2.11. The summed E-state index contributed by atoms with van der Waals surface area (Å²) in [6.07, 6.45) is 8.81. The SMILES string of the molecule is CCCCCCCn1cc(CNCC)c(C)n1. The van der Waals surface area contributed by atoms with Gasteiger partial charge in [-0.3, -0.25) is 4.68 Å². The van der Waals surface area contributed by atoms with Crippen LogP contribution in [0.4, 0.5) is 0 Å². The van der Waals surface area contributed by atoms with Crippen molar-refractivity contribution < 1.29 is 0 Å². The lowest BCUT2D eigenvalue weighted by Crippen LogP contribution is -2.11. The summed E-state index contributed by atoms with van der Waals surface area (Å²) in [5, 5.41) is 7.91. The van der Waals surface area contributed by atoms with Gasteiger partial charge in [0.15, 0.2) is 0 Å². The maximum atomic E-state index is 4.56. The molecule has 0 aliphatic rings. The second-order valence-electron chi connectivity index (χ2n) is 4.70. The van der Waals surface area contributed by atoms with Crippen molar-refractivity contribution >= 4 is 0 Å². The third-order valence-electron chi connectivity index (χ3n) is 3.10. The first kappa shape index (κ1) is 14.2. The monoisotopic (exact) mass is 237 g/mol. The third-order valence-corrected chi connectivity index (χ3v) is 3.10. The van der Waals surface area contributed by atoms with E-state index in [4.69, 9.17) is 0 Å². The van der Waals surface area contributed by atoms with Crippen LogP contribution in [-0.2, 0) is 13.1 Å². The van der Waals surface area contributed by atoms with Gasteiger partial charge in [0.25, 0.3) is 0 Å². The van der Waals surface area contributed by atoms with E-state index in [0.717, 1.165) is 19.6 Å². The molecule has 3 nitrogen and oxygen atoms in total. The Balaban J connectivity index is 2.28. The van der Waals surface area contributed by atoms with Crippen LogP contribution in [0.25, 0.3) is 0 Å². The summed E-state index contributed by atoms with van der Waals surface area (Å²) in [7, 11) is 0. The normalized spacial score (nSPS) is 11.0. The highest BCUT2D eigenvalue weighted by Crippen LogP contribution is 2.08. The number of hydrogen-bond acceptors (Lipinski definition) is 2. The quantitative estimate of drug-likeness (QED) is 0.668. The molecular weight excluding hydrogens is 210 g/mol. The molecule has 1 aromatic heterocycles. The van der Waals surface area contributed by atoms with Crippen LogP contribution in [0.5, 0.6) is 0 Å². The molecule has 0 spiro atoms. The molecule has 1 aromatic rings. The molecule has 0 amide bonds. The van der Waals surface area contributed by atoms with E-state index in [9.17, 15) is 0 Å². The standard InChI is InChI=1S/C14H27N3/c1-4-6-7-8-9-10-17-12-14(11-15-5-2)13(3)16-17/h12,15H,4-11H2,1-3H3. The molecule has 0 saturated heterocycles. The van der Waals surface area contributed by atoms with Gasteiger partial charge in [-0.25, -0.2) is 0 Å². The van der Waals surface area contributed by atoms with E-state index >= 15 is 0 Å². The van der Waals surface area contributed by atoms with E-state index in [-0.39, 0.29) is 0 Å². The second-order valence-corrected chi connectivity index (χ2v) is 4.70. The molecule has 3 heteroatoms. The Hall–Kier alpha value is -0.830. The maximum absolute atomic E-state index is 4.56. The number of hydrogen-bond donors (Lipinski definition) is 1. The lowest BCUT2D eigenvalue weighted by atomic mass is 10.1. The predicted octanol–water partition coefficient (Wildman–Crippen LogP) is 3.27. The molecule has 0 saturated carbocycles. The summed E-state index contributed by atoms with van der Waals surface area (Å²) in [6.45, 7) is 9.51. The fraction of sp³-hybridized carbons (Fsp3) is 0.786. The van der Waals surface area contributed by atoms with Gasteiger partial charge in [0, 0.05) is 24.8 Å². The predicted molar refractivity (Wildman–Crippen MR) is 73.1 cm³/mol. The van der Waals surface area contributed by atoms with Crippen LogP contribution in [0.15, 0.2) is 6.20 Å². The lowest BCUT2D eigenvalue weighted by molar-refractivity contribution is 0.531. The summed E-state index contributed by atoms with van der Waals surface area (Å²) >= 11 is 0. The van der Waals surface area contributed by atoms with Crippen molar-refractivity contribution in [3.05, 3.63) is 17.5 Å². The van der Waals surface area contributed by atoms with Gasteiger partial charge in [0.1, 0.15) is 0 Å². The van der Waals surface area contributed by atoms with Crippen LogP contribution in [-0.4, -0.2) is 16.3 Å². The first-order chi connectivity index (χ1) is 8.27. The molecule has 1 N–H and O–H groups in total. The topological polar surface area (TPSA) is 29.9 Å². The lowest BCUT2D eigenvalue weighted by Gasteiger charge is -2.01. The van der Waals surface area contributed by atoms with Crippen molar-refractivity contribution in [1.29, 1.82) is 0 Å². The highest BCUT2D eigenvalue weighted by molar-refractivity contribution is 5.14. The van der Waals surface area contributed by atoms with Crippen LogP contribution in [0.3, 0.4) is 0 Å². The van der Waals surface area contributed by atoms with Crippen molar-refractivity contribution in [3.63, 3.8) is 0 Å². The number of aryl methyl sites for hydroxylation is 2. The number of rotatable bonds is 9. The number of nitrogens with zero attached hydrogens (tertiary/aromatic N) is 2. The Kier molecular flexibility index (Phi) is 6.94. The molecule has 0 fully saturated rings. The van der Waals surface area contributed by atoms with Gasteiger partial charge in [-0.15, -0.1) is 0 Å². The molecule has 0 aromatic carbocycles. The summed E-state index contributed by atoms with van der Waals surface area (Å²) in [6, 6.07) is 0. The van der Waals surface area contributed by atoms with Gasteiger partial charge in [-0.05, 0) is 19.9 Å². The Morgan fingerprint density at radius 2 is 1.94 bits per heavy atom. The Morgan fingerprint density at radius 1 is 1.18 bits per heavy atom. The third kappa shape index (κ3) is 5.35. The Morgan fingerprint density at radius 3 is 2.65 bits per heavy atom. The molecule has 1 heterocycles.